The summed E-state index contributed by atoms with van der Waals surface area (Å²) in [6.45, 7) is 9.22. The van der Waals surface area contributed by atoms with Gasteiger partial charge in [0.25, 0.3) is 0 Å². The standard InChI is InChI=1S/C30H34N6/c1-21-33(5)13-15-35(21)26-9-7-22(19-31)17-24(26)11-12-30(4)28-34(6)14-16-36(28)27-10-8-23(20-32)18-25(27)29(30,2)3/h7-10,13-18,21,28H,11-12H2,1-6H3. The number of anilines is 2. The van der Waals surface area contributed by atoms with Gasteiger partial charge in [-0.05, 0) is 67.3 Å². The van der Waals surface area contributed by atoms with Crippen LogP contribution < -0.4 is 9.80 Å². The Kier molecular flexibility index (Phi) is 5.52. The van der Waals surface area contributed by atoms with Gasteiger partial charge in [0.15, 0.2) is 0 Å². The molecular weight excluding hydrogens is 444 g/mol. The maximum absolute atomic E-state index is 9.65. The molecule has 0 N–H and O–H groups in total. The molecule has 0 radical (unpaired) electrons. The Hall–Kier alpha value is -3.90. The lowest BCUT2D eigenvalue weighted by atomic mass is 9.56. The molecule has 0 amide bonds. The van der Waals surface area contributed by atoms with Gasteiger partial charge in [0.2, 0.25) is 0 Å². The van der Waals surface area contributed by atoms with E-state index in [1.807, 2.05) is 12.1 Å². The Morgan fingerprint density at radius 1 is 0.806 bits per heavy atom. The second-order valence-electron chi connectivity index (χ2n) is 11.1. The van der Waals surface area contributed by atoms with Crippen LogP contribution in [0.25, 0.3) is 0 Å². The van der Waals surface area contributed by atoms with E-state index in [1.165, 1.54) is 16.8 Å². The highest BCUT2D eigenvalue weighted by Crippen LogP contribution is 2.57. The molecule has 0 saturated carbocycles. The van der Waals surface area contributed by atoms with Crippen molar-refractivity contribution in [1.82, 2.24) is 9.80 Å². The molecule has 0 saturated heterocycles. The van der Waals surface area contributed by atoms with Gasteiger partial charge in [-0.3, -0.25) is 0 Å². The maximum Gasteiger partial charge on any atom is 0.111 e. The fraction of sp³-hybridized carbons (Fsp3) is 0.400. The van der Waals surface area contributed by atoms with Crippen molar-refractivity contribution < 1.29 is 0 Å². The summed E-state index contributed by atoms with van der Waals surface area (Å²) in [6.07, 6.45) is 10.7. The molecule has 3 heterocycles. The zero-order valence-corrected chi connectivity index (χ0v) is 22.0. The molecule has 5 rings (SSSR count). The Balaban J connectivity index is 1.56. The molecule has 3 atom stereocenters. The summed E-state index contributed by atoms with van der Waals surface area (Å²) in [4.78, 5) is 9.16. The van der Waals surface area contributed by atoms with Crippen LogP contribution in [0.15, 0.2) is 61.2 Å². The smallest absolute Gasteiger partial charge is 0.111 e. The highest BCUT2D eigenvalue weighted by molar-refractivity contribution is 5.66. The molecule has 0 bridgehead atoms. The van der Waals surface area contributed by atoms with E-state index in [9.17, 15) is 10.5 Å². The van der Waals surface area contributed by atoms with Crippen molar-refractivity contribution in [3.63, 3.8) is 0 Å². The van der Waals surface area contributed by atoms with Crippen LogP contribution in [0.4, 0.5) is 11.4 Å². The van der Waals surface area contributed by atoms with Gasteiger partial charge in [0.1, 0.15) is 12.3 Å². The summed E-state index contributed by atoms with van der Waals surface area (Å²) in [5.74, 6) is 0. The third-order valence-electron chi connectivity index (χ3n) is 9.04. The summed E-state index contributed by atoms with van der Waals surface area (Å²) in [6, 6.07) is 16.8. The third kappa shape index (κ3) is 3.36. The number of nitriles is 2. The van der Waals surface area contributed by atoms with Crippen molar-refractivity contribution in [2.75, 3.05) is 23.9 Å². The van der Waals surface area contributed by atoms with Crippen LogP contribution >= 0.6 is 0 Å². The fourth-order valence-corrected chi connectivity index (χ4v) is 6.31. The van der Waals surface area contributed by atoms with E-state index in [0.29, 0.717) is 11.1 Å². The molecule has 0 aliphatic carbocycles. The van der Waals surface area contributed by atoms with E-state index in [4.69, 9.17) is 0 Å². The van der Waals surface area contributed by atoms with Gasteiger partial charge >= 0.3 is 0 Å². The normalized spacial score (nSPS) is 25.6. The van der Waals surface area contributed by atoms with Crippen LogP contribution in [0.3, 0.4) is 0 Å². The summed E-state index contributed by atoms with van der Waals surface area (Å²) >= 11 is 0. The number of hydrogen-bond acceptors (Lipinski definition) is 6. The van der Waals surface area contributed by atoms with Crippen molar-refractivity contribution in [3.05, 3.63) is 83.5 Å². The van der Waals surface area contributed by atoms with Crippen molar-refractivity contribution in [2.45, 2.75) is 58.3 Å². The van der Waals surface area contributed by atoms with E-state index in [0.717, 1.165) is 18.5 Å². The largest absolute Gasteiger partial charge is 0.359 e. The van der Waals surface area contributed by atoms with Crippen LogP contribution in [0, 0.1) is 28.1 Å². The van der Waals surface area contributed by atoms with E-state index >= 15 is 0 Å². The van der Waals surface area contributed by atoms with E-state index < -0.39 is 0 Å². The molecule has 3 aliphatic rings. The Labute approximate surface area is 214 Å². The zero-order chi connectivity index (χ0) is 25.8. The summed E-state index contributed by atoms with van der Waals surface area (Å²) in [7, 11) is 4.24. The van der Waals surface area contributed by atoms with Gasteiger partial charge in [-0.2, -0.15) is 10.5 Å². The van der Waals surface area contributed by atoms with Gasteiger partial charge in [-0.1, -0.05) is 20.8 Å². The van der Waals surface area contributed by atoms with Crippen molar-refractivity contribution in [2.24, 2.45) is 5.41 Å². The average Bonchev–Trinajstić information content (AvgIpc) is 3.43. The molecular formula is C30H34N6. The van der Waals surface area contributed by atoms with Crippen LogP contribution in [0.5, 0.6) is 0 Å². The number of aryl methyl sites for hydroxylation is 1. The number of fused-ring (bicyclic) bond motifs is 3. The minimum absolute atomic E-state index is 0.143. The SMILES string of the molecule is CC1N(C)C=CN1c1ccc(C#N)cc1CCC1(C)C2N(C)C=CN2c2ccc(C#N)cc2C1(C)C. The number of nitrogens with zero attached hydrogens (tertiary/aromatic N) is 6. The zero-order valence-electron chi connectivity index (χ0n) is 22.0. The quantitative estimate of drug-likeness (QED) is 0.580. The third-order valence-corrected chi connectivity index (χ3v) is 9.04. The van der Waals surface area contributed by atoms with E-state index in [2.05, 4.69) is 123 Å². The summed E-state index contributed by atoms with van der Waals surface area (Å²) in [5, 5.41) is 19.3. The average molecular weight is 479 g/mol. The molecule has 2 aromatic carbocycles. The number of benzene rings is 2. The van der Waals surface area contributed by atoms with Gasteiger partial charge in [0.05, 0.1) is 23.3 Å². The molecule has 0 aromatic heterocycles. The lowest BCUT2D eigenvalue weighted by Gasteiger charge is -2.58. The fourth-order valence-electron chi connectivity index (χ4n) is 6.31. The van der Waals surface area contributed by atoms with Gasteiger partial charge in [-0.25, -0.2) is 0 Å². The molecule has 36 heavy (non-hydrogen) atoms. The van der Waals surface area contributed by atoms with Gasteiger partial charge in [-0.15, -0.1) is 0 Å². The summed E-state index contributed by atoms with van der Waals surface area (Å²) in [5.41, 5.74) is 5.78. The molecule has 0 fully saturated rings. The Bertz CT molecular complexity index is 1340. The molecule has 3 unspecified atom stereocenters. The molecule has 6 nitrogen and oxygen atoms in total. The highest BCUT2D eigenvalue weighted by atomic mass is 15.4. The predicted octanol–water partition coefficient (Wildman–Crippen LogP) is 5.48. The van der Waals surface area contributed by atoms with Crippen LogP contribution in [0.2, 0.25) is 0 Å². The first-order valence-corrected chi connectivity index (χ1v) is 12.6. The monoisotopic (exact) mass is 478 g/mol. The number of rotatable bonds is 4. The first kappa shape index (κ1) is 23.8. The van der Waals surface area contributed by atoms with Gasteiger partial charge in [0, 0.05) is 61.1 Å². The van der Waals surface area contributed by atoms with Crippen LogP contribution in [-0.2, 0) is 11.8 Å². The lowest BCUT2D eigenvalue weighted by molar-refractivity contribution is 0.0480. The highest BCUT2D eigenvalue weighted by Gasteiger charge is 2.56. The molecule has 3 aliphatic heterocycles. The molecule has 6 heteroatoms. The first-order valence-electron chi connectivity index (χ1n) is 12.6. The van der Waals surface area contributed by atoms with Crippen molar-refractivity contribution in [1.29, 1.82) is 10.5 Å². The van der Waals surface area contributed by atoms with Gasteiger partial charge < -0.3 is 19.6 Å². The lowest BCUT2D eigenvalue weighted by Crippen LogP contribution is -2.61. The Morgan fingerprint density at radius 2 is 1.42 bits per heavy atom. The first-order chi connectivity index (χ1) is 17.1. The molecule has 2 aromatic rings. The predicted molar refractivity (Wildman–Crippen MR) is 144 cm³/mol. The van der Waals surface area contributed by atoms with E-state index in [1.54, 1.807) is 0 Å². The van der Waals surface area contributed by atoms with Crippen LogP contribution in [0.1, 0.15) is 56.4 Å². The van der Waals surface area contributed by atoms with Crippen LogP contribution in [-0.4, -0.2) is 36.2 Å². The van der Waals surface area contributed by atoms with Crippen molar-refractivity contribution >= 4 is 11.4 Å². The minimum atomic E-state index is -0.190. The summed E-state index contributed by atoms with van der Waals surface area (Å²) < 4.78 is 0. The Morgan fingerprint density at radius 3 is 2.06 bits per heavy atom. The number of hydrogen-bond donors (Lipinski definition) is 0. The molecule has 184 valence electrons. The minimum Gasteiger partial charge on any atom is -0.359 e. The van der Waals surface area contributed by atoms with Crippen molar-refractivity contribution in [3.8, 4) is 12.1 Å². The van der Waals surface area contributed by atoms with E-state index in [-0.39, 0.29) is 23.2 Å². The topological polar surface area (TPSA) is 60.5 Å². The second kappa shape index (κ2) is 8.35. The maximum atomic E-state index is 9.65. The molecule has 0 spiro atoms. The second-order valence-corrected chi connectivity index (χ2v) is 11.1.